The summed E-state index contributed by atoms with van der Waals surface area (Å²) in [6.07, 6.45) is -1.79. The van der Waals surface area contributed by atoms with Crippen LogP contribution in [-0.2, 0) is 8.53 Å². The maximum Gasteiger partial charge on any atom is 1.00 e. The fraction of sp³-hybridized carbons (Fsp3) is 0.125. The van der Waals surface area contributed by atoms with E-state index in [1.54, 1.807) is 0 Å². The fourth-order valence-corrected chi connectivity index (χ4v) is 2.11. The van der Waals surface area contributed by atoms with Gasteiger partial charge in [-0.2, -0.15) is 0 Å². The number of benzene rings is 1. The molecule has 1 rings (SSSR count). The van der Waals surface area contributed by atoms with Crippen LogP contribution in [-0.4, -0.2) is 33.4 Å². The van der Waals surface area contributed by atoms with Gasteiger partial charge in [-0.1, -0.05) is 0 Å². The van der Waals surface area contributed by atoms with Crippen molar-refractivity contribution >= 4 is 24.5 Å². The average molecular weight is 298 g/mol. The Kier molecular flexibility index (Phi) is 6.00. The molecule has 6 nitrogen and oxygen atoms in total. The zero-order chi connectivity index (χ0) is 11.6. The zero-order valence-electron chi connectivity index (χ0n) is 8.40. The van der Waals surface area contributed by atoms with E-state index in [0.29, 0.717) is 0 Å². The summed E-state index contributed by atoms with van der Waals surface area (Å²) in [6, 6.07) is 4.44. The summed E-state index contributed by atoms with van der Waals surface area (Å²) in [5.41, 5.74) is 0.0164. The van der Waals surface area contributed by atoms with Gasteiger partial charge in [0.15, 0.2) is 0 Å². The molecule has 0 bridgehead atoms. The number of carbonyl (C=O) groups is 1. The quantitative estimate of drug-likeness (QED) is 0.478. The van der Waals surface area contributed by atoms with Crippen LogP contribution in [0.25, 0.3) is 0 Å². The van der Waals surface area contributed by atoms with Crippen LogP contribution in [0.4, 0.5) is 0 Å². The van der Waals surface area contributed by atoms with E-state index in [2.05, 4.69) is 0 Å². The van der Waals surface area contributed by atoms with E-state index in [1.807, 2.05) is 0 Å². The van der Waals surface area contributed by atoms with Crippen LogP contribution in [0.3, 0.4) is 0 Å². The molecule has 8 heteroatoms. The van der Waals surface area contributed by atoms with Crippen molar-refractivity contribution in [2.24, 2.45) is 0 Å². The number of rotatable bonds is 3. The predicted octanol–water partition coefficient (Wildman–Crippen LogP) is -5.97. The maximum atomic E-state index is 10.8. The van der Waals surface area contributed by atoms with E-state index >= 15 is 0 Å². The van der Waals surface area contributed by atoms with E-state index in [9.17, 15) is 13.6 Å². The number of aliphatic hydroxyl groups excluding tert-OH is 1. The molecule has 0 heterocycles. The summed E-state index contributed by atoms with van der Waals surface area (Å²) in [5, 5.41) is 19.3. The summed E-state index contributed by atoms with van der Waals surface area (Å²) in [6.45, 7) is 0. The van der Waals surface area contributed by atoms with Crippen molar-refractivity contribution in [2.45, 2.75) is 6.10 Å². The first kappa shape index (κ1) is 15.9. The summed E-state index contributed by atoms with van der Waals surface area (Å²) >= 11 is -4.94. The molecule has 0 saturated carbocycles. The van der Waals surface area contributed by atoms with E-state index in [4.69, 9.17) is 13.3 Å². The minimum atomic E-state index is -4.94. The van der Waals surface area contributed by atoms with Crippen molar-refractivity contribution < 1.29 is 56.5 Å². The fourth-order valence-electron chi connectivity index (χ4n) is 0.987. The second-order valence-corrected chi connectivity index (χ2v) is 6.22. The molecule has 0 saturated heterocycles. The summed E-state index contributed by atoms with van der Waals surface area (Å²) < 4.78 is 28.3. The third kappa shape index (κ3) is 4.07. The molecule has 0 aliphatic rings. The summed E-state index contributed by atoms with van der Waals surface area (Å²) in [5.74, 6) is -1.66. The van der Waals surface area contributed by atoms with Crippen LogP contribution in [0, 0.1) is 0 Å². The Hall–Kier alpha value is -0.0716. The number of aliphatic hydroxyl groups is 1. The molecule has 0 radical (unpaired) electrons. The van der Waals surface area contributed by atoms with Gasteiger partial charge in [0, 0.05) is 0 Å². The van der Waals surface area contributed by atoms with Gasteiger partial charge in [0.2, 0.25) is 0 Å². The Morgan fingerprint density at radius 1 is 1.25 bits per heavy atom. The second-order valence-electron chi connectivity index (χ2n) is 2.86. The van der Waals surface area contributed by atoms with E-state index in [0.717, 1.165) is 24.3 Å². The first-order valence-electron chi connectivity index (χ1n) is 3.87. The van der Waals surface area contributed by atoms with Crippen molar-refractivity contribution in [2.75, 3.05) is 0 Å². The molecule has 82 valence electrons. The van der Waals surface area contributed by atoms with Crippen molar-refractivity contribution in [3.8, 4) is 0 Å². The summed E-state index contributed by atoms with van der Waals surface area (Å²) in [7, 11) is 0. The standard InChI is InChI=1S/C8H9AsO6.Na/c10-7(8(11)12)5-1-3-6(4-2-5)9(13,14)15;/h1-4,7,10H,(H,11,12)(H2,13,14,15);/q;+1/p-1. The van der Waals surface area contributed by atoms with Gasteiger partial charge in [0.05, 0.1) is 0 Å². The predicted molar refractivity (Wildman–Crippen MR) is 46.9 cm³/mol. The molecular weight excluding hydrogens is 290 g/mol. The average Bonchev–Trinajstić information content (AvgIpc) is 2.15. The molecule has 1 aromatic carbocycles. The molecule has 1 aromatic rings. The van der Waals surface area contributed by atoms with Gasteiger partial charge in [-0.15, -0.1) is 0 Å². The van der Waals surface area contributed by atoms with Crippen LogP contribution >= 0.6 is 0 Å². The van der Waals surface area contributed by atoms with Crippen molar-refractivity contribution in [3.63, 3.8) is 0 Å². The van der Waals surface area contributed by atoms with Gasteiger partial charge >= 0.3 is 117 Å². The smallest absolute Gasteiger partial charge is 1.00 e. The molecule has 0 aromatic heterocycles. The van der Waals surface area contributed by atoms with Crippen LogP contribution in [0.2, 0.25) is 0 Å². The van der Waals surface area contributed by atoms with Gasteiger partial charge in [-0.05, 0) is 0 Å². The third-order valence-electron chi connectivity index (χ3n) is 1.77. The van der Waals surface area contributed by atoms with Gasteiger partial charge in [-0.25, -0.2) is 0 Å². The van der Waals surface area contributed by atoms with Crippen LogP contribution < -0.4 is 39.0 Å². The molecular formula is C8H8AsNaO6. The number of aliphatic carboxylic acids is 1. The molecule has 0 spiro atoms. The molecule has 0 aliphatic heterocycles. The Labute approximate surface area is 116 Å². The number of carboxylic acids is 1. The maximum absolute atomic E-state index is 10.8. The second kappa shape index (κ2) is 6.02. The number of hydrogen-bond donors (Lipinski definition) is 3. The van der Waals surface area contributed by atoms with Crippen molar-refractivity contribution in [3.05, 3.63) is 29.8 Å². The first-order valence-corrected chi connectivity index (χ1v) is 7.25. The van der Waals surface area contributed by atoms with Gasteiger partial charge in [-0.3, -0.25) is 0 Å². The van der Waals surface area contributed by atoms with Gasteiger partial charge < -0.3 is 0 Å². The molecule has 0 aliphatic carbocycles. The number of hydrogen-bond acceptors (Lipinski definition) is 4. The number of carboxylic acid groups (broad SMARTS) is 1. The van der Waals surface area contributed by atoms with Crippen molar-refractivity contribution in [1.82, 2.24) is 0 Å². The third-order valence-corrected chi connectivity index (χ3v) is 3.81. The molecule has 3 N–H and O–H groups in total. The largest absolute Gasteiger partial charge is 1.00 e. The SMILES string of the molecule is O=C([O-])C(O)c1ccc([As](=O)(O)O)cc1.[Na+]. The minimum absolute atomic E-state index is 0. The number of carbonyl (C=O) groups excluding carboxylic acids is 1. The Balaban J connectivity index is 0.00000225. The van der Waals surface area contributed by atoms with Gasteiger partial charge in [0.1, 0.15) is 0 Å². The van der Waals surface area contributed by atoms with Crippen LogP contribution in [0.15, 0.2) is 24.3 Å². The van der Waals surface area contributed by atoms with E-state index < -0.39 is 26.2 Å². The summed E-state index contributed by atoms with van der Waals surface area (Å²) in [4.78, 5) is 10.3. The van der Waals surface area contributed by atoms with E-state index in [1.165, 1.54) is 0 Å². The zero-order valence-corrected chi connectivity index (χ0v) is 12.3. The topological polar surface area (TPSA) is 118 Å². The van der Waals surface area contributed by atoms with Crippen molar-refractivity contribution in [1.29, 1.82) is 0 Å². The molecule has 0 fully saturated rings. The minimum Gasteiger partial charge on any atom is 1.00 e. The molecule has 0 amide bonds. The normalized spacial score (nSPS) is 12.7. The van der Waals surface area contributed by atoms with E-state index in [-0.39, 0.29) is 39.5 Å². The van der Waals surface area contributed by atoms with Gasteiger partial charge in [0.25, 0.3) is 0 Å². The molecule has 16 heavy (non-hydrogen) atoms. The Morgan fingerprint density at radius 2 is 1.69 bits per heavy atom. The first-order chi connectivity index (χ1) is 6.82. The molecule has 1 unspecified atom stereocenters. The Morgan fingerprint density at radius 3 is 2.00 bits per heavy atom. The van der Waals surface area contributed by atoms with Crippen LogP contribution in [0.5, 0.6) is 0 Å². The monoisotopic (exact) mass is 298 g/mol. The molecule has 1 atom stereocenters. The Bertz CT molecular complexity index is 411. The van der Waals surface area contributed by atoms with Crippen LogP contribution in [0.1, 0.15) is 11.7 Å².